The Morgan fingerprint density at radius 1 is 0.472 bits per heavy atom. The molecule has 0 aliphatic heterocycles. The van der Waals surface area contributed by atoms with E-state index < -0.39 is 60.1 Å². The number of ether oxygens (including phenoxy) is 3. The van der Waals surface area contributed by atoms with Gasteiger partial charge in [-0.05, 0) is 17.8 Å². The van der Waals surface area contributed by atoms with Gasteiger partial charge < -0.3 is 43.6 Å². The zero-order valence-corrected chi connectivity index (χ0v) is 23.7. The Kier molecular flexibility index (Phi) is 13.3. The fourth-order valence-corrected chi connectivity index (χ4v) is 5.11. The molecule has 1 aliphatic carbocycles. The smallest absolute Gasteiger partial charge is 0.372 e. The zero-order valence-electron chi connectivity index (χ0n) is 21.0. The molecule has 1 rings (SSSR count). The average Bonchev–Trinajstić information content (AvgIpc) is 2.63. The van der Waals surface area contributed by atoms with E-state index in [-0.39, 0.29) is 37.6 Å². The Hall–Kier alpha value is 0.210. The summed E-state index contributed by atoms with van der Waals surface area (Å²) in [6, 6.07) is 0. The molecule has 18 heteroatoms. The van der Waals surface area contributed by atoms with Gasteiger partial charge >= 0.3 is 23.5 Å². The standard InChI is InChI=1S/C18H39O15P3/c1-10(2)7-28-13-14(29-8-11(3)4)16(31-34(19,20)21)18(33-36(25,26)27)17(32-35(22,23)24)15(13)30-9-12(5)6/h10-18H,7-9H2,1-6H3,(H2,19,20,21)(H2,22,23,24)(H2,25,26,27)/t13-,14-,15+,16-,17-,18-/m0/s1. The number of rotatable bonds is 15. The molecule has 0 saturated heterocycles. The molecule has 1 saturated carbocycles. The monoisotopic (exact) mass is 588 g/mol. The highest BCUT2D eigenvalue weighted by Crippen LogP contribution is 2.51. The van der Waals surface area contributed by atoms with Crippen molar-refractivity contribution >= 4 is 23.5 Å². The fraction of sp³-hybridized carbons (Fsp3) is 1.00. The maximum atomic E-state index is 11.9. The lowest BCUT2D eigenvalue weighted by Gasteiger charge is -2.49. The Labute approximate surface area is 210 Å². The molecule has 0 bridgehead atoms. The van der Waals surface area contributed by atoms with Gasteiger partial charge in [0.1, 0.15) is 36.6 Å². The van der Waals surface area contributed by atoms with Crippen molar-refractivity contribution in [1.82, 2.24) is 0 Å². The first-order valence-electron chi connectivity index (χ1n) is 11.3. The summed E-state index contributed by atoms with van der Waals surface area (Å²) >= 11 is 0. The van der Waals surface area contributed by atoms with E-state index in [9.17, 15) is 43.1 Å². The van der Waals surface area contributed by atoms with Gasteiger partial charge in [-0.1, -0.05) is 41.5 Å². The summed E-state index contributed by atoms with van der Waals surface area (Å²) in [6.07, 6.45) is -10.4. The molecule has 0 unspecified atom stereocenters. The first-order chi connectivity index (χ1) is 16.2. The first kappa shape index (κ1) is 34.2. The lowest BCUT2D eigenvalue weighted by atomic mass is 9.84. The minimum atomic E-state index is -5.44. The third-order valence-corrected chi connectivity index (χ3v) is 6.14. The van der Waals surface area contributed by atoms with Crippen LogP contribution < -0.4 is 0 Å². The van der Waals surface area contributed by atoms with Gasteiger partial charge in [0.15, 0.2) is 0 Å². The molecule has 36 heavy (non-hydrogen) atoms. The molecule has 0 aromatic rings. The van der Waals surface area contributed by atoms with Gasteiger partial charge in [-0.3, -0.25) is 13.6 Å². The average molecular weight is 588 g/mol. The van der Waals surface area contributed by atoms with Crippen LogP contribution in [-0.4, -0.2) is 85.8 Å². The Balaban J connectivity index is 3.78. The van der Waals surface area contributed by atoms with Crippen LogP contribution in [0.2, 0.25) is 0 Å². The van der Waals surface area contributed by atoms with Crippen LogP contribution in [0, 0.1) is 17.8 Å². The molecule has 0 heterocycles. The van der Waals surface area contributed by atoms with E-state index in [1.807, 2.05) is 13.8 Å². The van der Waals surface area contributed by atoms with Gasteiger partial charge in [-0.2, -0.15) is 0 Å². The number of phosphoric ester groups is 3. The van der Waals surface area contributed by atoms with E-state index in [0.29, 0.717) is 0 Å². The van der Waals surface area contributed by atoms with Crippen LogP contribution in [-0.2, 0) is 41.5 Å². The summed E-state index contributed by atoms with van der Waals surface area (Å²) < 4.78 is 67.6. The van der Waals surface area contributed by atoms with Crippen LogP contribution in [0.25, 0.3) is 0 Å². The maximum Gasteiger partial charge on any atom is 0.470 e. The van der Waals surface area contributed by atoms with Crippen LogP contribution in [0.5, 0.6) is 0 Å². The lowest BCUT2D eigenvalue weighted by molar-refractivity contribution is -0.252. The molecule has 216 valence electrons. The second-order valence-electron chi connectivity index (χ2n) is 9.76. The molecule has 0 radical (unpaired) electrons. The van der Waals surface area contributed by atoms with Crippen molar-refractivity contribution in [2.45, 2.75) is 78.2 Å². The van der Waals surface area contributed by atoms with Crippen molar-refractivity contribution in [2.75, 3.05) is 19.8 Å². The maximum absolute atomic E-state index is 11.9. The van der Waals surface area contributed by atoms with E-state index in [1.165, 1.54) is 0 Å². The van der Waals surface area contributed by atoms with Crippen LogP contribution in [0.4, 0.5) is 0 Å². The van der Waals surface area contributed by atoms with Gasteiger partial charge in [-0.25, -0.2) is 13.7 Å². The minimum absolute atomic E-state index is 0.00320. The fourth-order valence-electron chi connectivity index (χ4n) is 3.44. The predicted octanol–water partition coefficient (Wildman–Crippen LogP) is 1.56. The topological polar surface area (TPSA) is 228 Å². The molecule has 15 nitrogen and oxygen atoms in total. The van der Waals surface area contributed by atoms with Crippen LogP contribution in [0.3, 0.4) is 0 Å². The molecule has 6 atom stereocenters. The van der Waals surface area contributed by atoms with E-state index in [2.05, 4.69) is 0 Å². The summed E-state index contributed by atoms with van der Waals surface area (Å²) in [5.74, 6) is -0.272. The molecule has 1 aliphatic rings. The number of hydrogen-bond acceptors (Lipinski definition) is 9. The summed E-state index contributed by atoms with van der Waals surface area (Å²) in [5, 5.41) is 0. The van der Waals surface area contributed by atoms with E-state index in [4.69, 9.17) is 27.8 Å². The Morgan fingerprint density at radius 2 is 0.667 bits per heavy atom. The van der Waals surface area contributed by atoms with E-state index in [0.717, 1.165) is 0 Å². The third kappa shape index (κ3) is 12.8. The highest BCUT2D eigenvalue weighted by molar-refractivity contribution is 7.47. The normalized spacial score (nSPS) is 28.4. The van der Waals surface area contributed by atoms with Gasteiger partial charge in [0.2, 0.25) is 0 Å². The minimum Gasteiger partial charge on any atom is -0.372 e. The molecule has 1 fully saturated rings. The highest BCUT2D eigenvalue weighted by Gasteiger charge is 2.59. The third-order valence-electron chi connectivity index (χ3n) is 4.59. The Bertz CT molecular complexity index is 756. The largest absolute Gasteiger partial charge is 0.470 e. The highest BCUT2D eigenvalue weighted by atomic mass is 31.2. The quantitative estimate of drug-likeness (QED) is 0.149. The number of phosphoric acid groups is 3. The van der Waals surface area contributed by atoms with Crippen molar-refractivity contribution in [3.63, 3.8) is 0 Å². The van der Waals surface area contributed by atoms with Crippen molar-refractivity contribution < 1.29 is 70.8 Å². The molecule has 6 N–H and O–H groups in total. The molecule has 0 aromatic heterocycles. The Morgan fingerprint density at radius 3 is 0.861 bits per heavy atom. The molecule has 0 amide bonds. The molecular formula is C18H39O15P3. The predicted molar refractivity (Wildman–Crippen MR) is 124 cm³/mol. The summed E-state index contributed by atoms with van der Waals surface area (Å²) in [4.78, 5) is 57.3. The van der Waals surface area contributed by atoms with Crippen molar-refractivity contribution in [2.24, 2.45) is 17.8 Å². The molecule has 0 aromatic carbocycles. The second kappa shape index (κ2) is 14.0. The first-order valence-corrected chi connectivity index (χ1v) is 15.9. The van der Waals surface area contributed by atoms with Crippen LogP contribution in [0.15, 0.2) is 0 Å². The van der Waals surface area contributed by atoms with Gasteiger partial charge in [-0.15, -0.1) is 0 Å². The van der Waals surface area contributed by atoms with E-state index in [1.54, 1.807) is 27.7 Å². The van der Waals surface area contributed by atoms with Gasteiger partial charge in [0.25, 0.3) is 0 Å². The summed E-state index contributed by atoms with van der Waals surface area (Å²) in [6.45, 7) is 10.8. The summed E-state index contributed by atoms with van der Waals surface area (Å²) in [7, 11) is -16.2. The lowest BCUT2D eigenvalue weighted by Crippen LogP contribution is -2.67. The summed E-state index contributed by atoms with van der Waals surface area (Å²) in [5.41, 5.74) is 0. The van der Waals surface area contributed by atoms with E-state index >= 15 is 0 Å². The van der Waals surface area contributed by atoms with Crippen LogP contribution >= 0.6 is 23.5 Å². The van der Waals surface area contributed by atoms with Gasteiger partial charge in [0, 0.05) is 19.8 Å². The van der Waals surface area contributed by atoms with Crippen molar-refractivity contribution in [3.05, 3.63) is 0 Å². The van der Waals surface area contributed by atoms with Crippen molar-refractivity contribution in [1.29, 1.82) is 0 Å². The SMILES string of the molecule is CC(C)CO[C@@H]1[C@@H](OCC(C)C)[C@H](OP(=O)(O)O)[C@@H](OP(=O)(O)O)[C@@H](OP(=O)(O)O)[C@H]1OCC(C)C. The van der Waals surface area contributed by atoms with Crippen LogP contribution in [0.1, 0.15) is 41.5 Å². The van der Waals surface area contributed by atoms with Gasteiger partial charge in [0.05, 0.1) is 0 Å². The zero-order chi connectivity index (χ0) is 28.1. The molecule has 0 spiro atoms. The molecular weight excluding hydrogens is 549 g/mol. The van der Waals surface area contributed by atoms with Crippen molar-refractivity contribution in [3.8, 4) is 0 Å². The number of hydrogen-bond donors (Lipinski definition) is 6. The second-order valence-corrected chi connectivity index (χ2v) is 13.3.